The van der Waals surface area contributed by atoms with Crippen molar-refractivity contribution in [2.24, 2.45) is 0 Å². The molecule has 0 bridgehead atoms. The lowest BCUT2D eigenvalue weighted by Gasteiger charge is -2.27. The average Bonchev–Trinajstić information content (AvgIpc) is 2.57. The fourth-order valence-electron chi connectivity index (χ4n) is 1.76. The standard InChI is InChI=1S/C11H21NO4/c1-8(6-10(13)15-3)12-7-11(14)4-5-16-9(11)2/h8-9,12,14H,4-7H2,1-3H3. The average molecular weight is 231 g/mol. The van der Waals surface area contributed by atoms with Gasteiger partial charge in [-0.1, -0.05) is 0 Å². The van der Waals surface area contributed by atoms with Crippen molar-refractivity contribution in [2.45, 2.75) is 44.4 Å². The predicted molar refractivity (Wildman–Crippen MR) is 59.1 cm³/mol. The third kappa shape index (κ3) is 3.43. The molecule has 0 aromatic heterocycles. The second-order valence-corrected chi connectivity index (χ2v) is 4.43. The van der Waals surface area contributed by atoms with Crippen molar-refractivity contribution in [2.75, 3.05) is 20.3 Å². The first-order valence-corrected chi connectivity index (χ1v) is 5.62. The van der Waals surface area contributed by atoms with Gasteiger partial charge in [0.1, 0.15) is 5.60 Å². The first-order valence-electron chi connectivity index (χ1n) is 5.62. The number of nitrogens with one attached hydrogen (secondary N) is 1. The Hall–Kier alpha value is -0.650. The van der Waals surface area contributed by atoms with Gasteiger partial charge in [0.2, 0.25) is 0 Å². The minimum absolute atomic E-state index is 0.00993. The van der Waals surface area contributed by atoms with Gasteiger partial charge in [0.25, 0.3) is 0 Å². The monoisotopic (exact) mass is 231 g/mol. The molecule has 5 heteroatoms. The predicted octanol–water partition coefficient (Wildman–Crippen LogP) is 0.0675. The molecule has 0 saturated carbocycles. The van der Waals surface area contributed by atoms with Gasteiger partial charge in [-0.3, -0.25) is 4.79 Å². The van der Waals surface area contributed by atoms with Crippen LogP contribution in [0.4, 0.5) is 0 Å². The molecule has 0 aliphatic carbocycles. The van der Waals surface area contributed by atoms with Gasteiger partial charge < -0.3 is 19.9 Å². The van der Waals surface area contributed by atoms with Gasteiger partial charge in [0.15, 0.2) is 0 Å². The Kier molecular flexibility index (Phi) is 4.70. The molecule has 16 heavy (non-hydrogen) atoms. The van der Waals surface area contributed by atoms with Gasteiger partial charge in [0, 0.05) is 25.6 Å². The fraction of sp³-hybridized carbons (Fsp3) is 0.909. The Bertz CT molecular complexity index is 246. The van der Waals surface area contributed by atoms with Crippen LogP contribution in [-0.4, -0.2) is 49.1 Å². The van der Waals surface area contributed by atoms with E-state index in [4.69, 9.17) is 4.74 Å². The number of hydrogen-bond acceptors (Lipinski definition) is 5. The van der Waals surface area contributed by atoms with Gasteiger partial charge in [0.05, 0.1) is 19.6 Å². The largest absolute Gasteiger partial charge is 0.469 e. The van der Waals surface area contributed by atoms with E-state index in [1.54, 1.807) is 0 Å². The van der Waals surface area contributed by atoms with Crippen LogP contribution in [0.15, 0.2) is 0 Å². The van der Waals surface area contributed by atoms with Crippen LogP contribution in [-0.2, 0) is 14.3 Å². The zero-order valence-electron chi connectivity index (χ0n) is 10.2. The Morgan fingerprint density at radius 1 is 1.75 bits per heavy atom. The number of hydrogen-bond donors (Lipinski definition) is 2. The lowest BCUT2D eigenvalue weighted by atomic mass is 9.96. The molecule has 0 aromatic rings. The third-order valence-corrected chi connectivity index (χ3v) is 3.12. The summed E-state index contributed by atoms with van der Waals surface area (Å²) in [6.07, 6.45) is 0.777. The summed E-state index contributed by atoms with van der Waals surface area (Å²) in [4.78, 5) is 11.0. The molecule has 94 valence electrons. The van der Waals surface area contributed by atoms with Crippen LogP contribution < -0.4 is 5.32 Å². The molecule has 1 rings (SSSR count). The van der Waals surface area contributed by atoms with E-state index in [1.165, 1.54) is 7.11 Å². The van der Waals surface area contributed by atoms with E-state index in [2.05, 4.69) is 10.1 Å². The molecular weight excluding hydrogens is 210 g/mol. The topological polar surface area (TPSA) is 67.8 Å². The third-order valence-electron chi connectivity index (χ3n) is 3.12. The van der Waals surface area contributed by atoms with E-state index >= 15 is 0 Å². The molecular formula is C11H21NO4. The highest BCUT2D eigenvalue weighted by molar-refractivity contribution is 5.69. The summed E-state index contributed by atoms with van der Waals surface area (Å²) in [5.74, 6) is -0.247. The molecule has 1 heterocycles. The second kappa shape index (κ2) is 5.61. The van der Waals surface area contributed by atoms with Crippen LogP contribution in [0.1, 0.15) is 26.7 Å². The molecule has 0 radical (unpaired) electrons. The number of ether oxygens (including phenoxy) is 2. The normalized spacial score (nSPS) is 31.4. The van der Waals surface area contributed by atoms with Crippen LogP contribution in [0.3, 0.4) is 0 Å². The summed E-state index contributed by atoms with van der Waals surface area (Å²) in [7, 11) is 1.37. The number of carbonyl (C=O) groups excluding carboxylic acids is 1. The van der Waals surface area contributed by atoms with Crippen LogP contribution in [0.2, 0.25) is 0 Å². The van der Waals surface area contributed by atoms with Crippen molar-refractivity contribution in [1.29, 1.82) is 0 Å². The van der Waals surface area contributed by atoms with Crippen LogP contribution in [0, 0.1) is 0 Å². The Balaban J connectivity index is 2.30. The molecule has 5 nitrogen and oxygen atoms in total. The van der Waals surface area contributed by atoms with Gasteiger partial charge in [-0.05, 0) is 13.8 Å². The molecule has 1 aliphatic heterocycles. The highest BCUT2D eigenvalue weighted by Gasteiger charge is 2.39. The number of methoxy groups -OCH3 is 1. The van der Waals surface area contributed by atoms with Crippen molar-refractivity contribution >= 4 is 5.97 Å². The summed E-state index contributed by atoms with van der Waals surface area (Å²) in [6, 6.07) is -0.00993. The van der Waals surface area contributed by atoms with Crippen LogP contribution in [0.5, 0.6) is 0 Å². The van der Waals surface area contributed by atoms with Crippen molar-refractivity contribution < 1.29 is 19.4 Å². The van der Waals surface area contributed by atoms with E-state index in [0.29, 0.717) is 26.0 Å². The van der Waals surface area contributed by atoms with E-state index in [1.807, 2.05) is 13.8 Å². The van der Waals surface area contributed by atoms with Gasteiger partial charge in [-0.2, -0.15) is 0 Å². The smallest absolute Gasteiger partial charge is 0.307 e. The summed E-state index contributed by atoms with van der Waals surface area (Å²) in [5.41, 5.74) is -0.815. The van der Waals surface area contributed by atoms with Crippen molar-refractivity contribution in [3.63, 3.8) is 0 Å². The summed E-state index contributed by atoms with van der Waals surface area (Å²) in [6.45, 7) is 4.78. The number of aliphatic hydroxyl groups is 1. The molecule has 1 aliphatic rings. The van der Waals surface area contributed by atoms with E-state index in [9.17, 15) is 9.90 Å². The van der Waals surface area contributed by atoms with Crippen molar-refractivity contribution in [1.82, 2.24) is 5.32 Å². The maximum atomic E-state index is 11.0. The maximum absolute atomic E-state index is 11.0. The quantitative estimate of drug-likeness (QED) is 0.655. The first kappa shape index (κ1) is 13.4. The SMILES string of the molecule is COC(=O)CC(C)NCC1(O)CCOC1C. The summed E-state index contributed by atoms with van der Waals surface area (Å²) in [5, 5.41) is 13.3. The lowest BCUT2D eigenvalue weighted by Crippen LogP contribution is -2.48. The Labute approximate surface area is 96.1 Å². The van der Waals surface area contributed by atoms with Gasteiger partial charge in [-0.15, -0.1) is 0 Å². The number of rotatable bonds is 5. The van der Waals surface area contributed by atoms with Crippen molar-refractivity contribution in [3.05, 3.63) is 0 Å². The molecule has 1 fully saturated rings. The zero-order chi connectivity index (χ0) is 12.2. The molecule has 2 N–H and O–H groups in total. The minimum Gasteiger partial charge on any atom is -0.469 e. The number of esters is 1. The Morgan fingerprint density at radius 3 is 2.94 bits per heavy atom. The lowest BCUT2D eigenvalue weighted by molar-refractivity contribution is -0.141. The molecule has 3 atom stereocenters. The molecule has 0 spiro atoms. The fourth-order valence-corrected chi connectivity index (χ4v) is 1.76. The van der Waals surface area contributed by atoms with Crippen molar-refractivity contribution in [3.8, 4) is 0 Å². The van der Waals surface area contributed by atoms with Crippen LogP contribution >= 0.6 is 0 Å². The molecule has 1 saturated heterocycles. The van der Waals surface area contributed by atoms with Gasteiger partial charge in [-0.25, -0.2) is 0 Å². The zero-order valence-corrected chi connectivity index (χ0v) is 10.2. The van der Waals surface area contributed by atoms with Crippen LogP contribution in [0.25, 0.3) is 0 Å². The minimum atomic E-state index is -0.815. The van der Waals surface area contributed by atoms with E-state index < -0.39 is 5.60 Å². The molecule has 0 aromatic carbocycles. The number of carbonyl (C=O) groups is 1. The summed E-state index contributed by atoms with van der Waals surface area (Å²) >= 11 is 0. The highest BCUT2D eigenvalue weighted by Crippen LogP contribution is 2.24. The second-order valence-electron chi connectivity index (χ2n) is 4.43. The highest BCUT2D eigenvalue weighted by atomic mass is 16.5. The molecule has 3 unspecified atom stereocenters. The maximum Gasteiger partial charge on any atom is 0.307 e. The van der Waals surface area contributed by atoms with E-state index in [0.717, 1.165) is 0 Å². The summed E-state index contributed by atoms with van der Waals surface area (Å²) < 4.78 is 9.89. The first-order chi connectivity index (χ1) is 7.48. The van der Waals surface area contributed by atoms with E-state index in [-0.39, 0.29) is 18.1 Å². The Morgan fingerprint density at radius 2 is 2.44 bits per heavy atom. The van der Waals surface area contributed by atoms with Gasteiger partial charge >= 0.3 is 5.97 Å². The molecule has 0 amide bonds.